The molecule has 0 unspecified atom stereocenters. The zero-order valence-corrected chi connectivity index (χ0v) is 8.48. The summed E-state index contributed by atoms with van der Waals surface area (Å²) in [6, 6.07) is 8.45. The van der Waals surface area contributed by atoms with Crippen molar-refractivity contribution in [3.8, 4) is 0 Å². The molecule has 0 saturated carbocycles. The molecular weight excluding hydrogens is 212 g/mol. The van der Waals surface area contributed by atoms with Crippen LogP contribution in [-0.4, -0.2) is 15.8 Å². The normalized spacial score (nSPS) is 9.93. The molecule has 0 aliphatic heterocycles. The molecular formula is C11H7ClN2O. The molecule has 1 heterocycles. The molecule has 0 aliphatic carbocycles. The van der Waals surface area contributed by atoms with Gasteiger partial charge < -0.3 is 0 Å². The fourth-order valence-corrected chi connectivity index (χ4v) is 1.43. The fourth-order valence-electron chi connectivity index (χ4n) is 1.21. The predicted octanol–water partition coefficient (Wildman–Crippen LogP) is 2.36. The lowest BCUT2D eigenvalue weighted by molar-refractivity contribution is 0.103. The summed E-state index contributed by atoms with van der Waals surface area (Å²) in [5.41, 5.74) is 0.802. The number of halogens is 1. The second-order valence-electron chi connectivity index (χ2n) is 2.90. The highest BCUT2D eigenvalue weighted by atomic mass is 35.5. The molecule has 0 saturated heterocycles. The van der Waals surface area contributed by atoms with Crippen molar-refractivity contribution in [2.45, 2.75) is 0 Å². The van der Waals surface area contributed by atoms with E-state index in [9.17, 15) is 4.79 Å². The van der Waals surface area contributed by atoms with E-state index in [1.807, 2.05) is 0 Å². The zero-order valence-electron chi connectivity index (χ0n) is 7.72. The van der Waals surface area contributed by atoms with Crippen LogP contribution >= 0.6 is 11.6 Å². The van der Waals surface area contributed by atoms with Crippen LogP contribution in [0.4, 0.5) is 0 Å². The molecule has 2 rings (SSSR count). The zero-order chi connectivity index (χ0) is 10.7. The Morgan fingerprint density at radius 3 is 2.67 bits per heavy atom. The van der Waals surface area contributed by atoms with Crippen LogP contribution in [-0.2, 0) is 0 Å². The predicted molar refractivity (Wildman–Crippen MR) is 56.9 cm³/mol. The topological polar surface area (TPSA) is 42.9 Å². The van der Waals surface area contributed by atoms with Crippen molar-refractivity contribution in [2.24, 2.45) is 0 Å². The van der Waals surface area contributed by atoms with E-state index in [0.29, 0.717) is 16.3 Å². The van der Waals surface area contributed by atoms with Crippen LogP contribution in [0.1, 0.15) is 16.1 Å². The quantitative estimate of drug-likeness (QED) is 0.727. The second kappa shape index (κ2) is 4.19. The third-order valence-corrected chi connectivity index (χ3v) is 2.26. The second-order valence-corrected chi connectivity index (χ2v) is 3.31. The summed E-state index contributed by atoms with van der Waals surface area (Å²) >= 11 is 5.90. The number of ketones is 1. The van der Waals surface area contributed by atoms with Gasteiger partial charge in [-0.25, -0.2) is 9.97 Å². The van der Waals surface area contributed by atoms with Gasteiger partial charge in [-0.15, -0.1) is 0 Å². The van der Waals surface area contributed by atoms with Crippen molar-refractivity contribution in [1.29, 1.82) is 0 Å². The number of carbonyl (C=O) groups excluding carboxylic acids is 1. The van der Waals surface area contributed by atoms with Crippen LogP contribution in [0.15, 0.2) is 42.9 Å². The van der Waals surface area contributed by atoms with Gasteiger partial charge in [-0.1, -0.05) is 23.7 Å². The molecule has 0 radical (unpaired) electrons. The molecule has 74 valence electrons. The molecule has 0 bridgehead atoms. The summed E-state index contributed by atoms with van der Waals surface area (Å²) in [5.74, 6) is -0.192. The summed E-state index contributed by atoms with van der Waals surface area (Å²) in [4.78, 5) is 19.5. The number of rotatable bonds is 2. The van der Waals surface area contributed by atoms with Crippen LogP contribution in [0.3, 0.4) is 0 Å². The Hall–Kier alpha value is -1.74. The van der Waals surface area contributed by atoms with Gasteiger partial charge in [0, 0.05) is 11.8 Å². The van der Waals surface area contributed by atoms with Crippen molar-refractivity contribution in [3.05, 3.63) is 59.1 Å². The minimum absolute atomic E-state index is 0.192. The van der Waals surface area contributed by atoms with Gasteiger partial charge in [0.25, 0.3) is 0 Å². The number of carbonyl (C=O) groups is 1. The summed E-state index contributed by atoms with van der Waals surface area (Å²) in [5, 5.41) is 0.432. The molecule has 1 aromatic heterocycles. The van der Waals surface area contributed by atoms with Gasteiger partial charge in [-0.2, -0.15) is 0 Å². The number of hydrogen-bond donors (Lipinski definition) is 0. The highest BCUT2D eigenvalue weighted by Crippen LogP contribution is 2.17. The minimum Gasteiger partial charge on any atom is -0.287 e. The molecule has 15 heavy (non-hydrogen) atoms. The van der Waals surface area contributed by atoms with E-state index in [4.69, 9.17) is 11.6 Å². The number of aromatic nitrogens is 2. The maximum Gasteiger partial charge on any atom is 0.212 e. The lowest BCUT2D eigenvalue weighted by Crippen LogP contribution is -2.04. The molecule has 4 heteroatoms. The van der Waals surface area contributed by atoms with Crippen molar-refractivity contribution in [1.82, 2.24) is 9.97 Å². The van der Waals surface area contributed by atoms with Gasteiger partial charge in [-0.3, -0.25) is 4.79 Å². The first kappa shape index (κ1) is 9.80. The van der Waals surface area contributed by atoms with Gasteiger partial charge in [-0.05, 0) is 18.2 Å². The molecule has 1 aromatic carbocycles. The molecule has 3 nitrogen and oxygen atoms in total. The van der Waals surface area contributed by atoms with Crippen molar-refractivity contribution in [2.75, 3.05) is 0 Å². The Morgan fingerprint density at radius 2 is 2.00 bits per heavy atom. The fraction of sp³-hybridized carbons (Fsp3) is 0. The summed E-state index contributed by atoms with van der Waals surface area (Å²) in [6.45, 7) is 0. The maximum absolute atomic E-state index is 11.9. The van der Waals surface area contributed by atoms with Crippen molar-refractivity contribution < 1.29 is 4.79 Å². The van der Waals surface area contributed by atoms with E-state index in [1.165, 1.54) is 12.5 Å². The van der Waals surface area contributed by atoms with Crippen LogP contribution in [0.2, 0.25) is 5.02 Å². The van der Waals surface area contributed by atoms with E-state index >= 15 is 0 Å². The standard InChI is InChI=1S/C11H7ClN2O/c12-9-4-2-1-3-8(9)11(15)10-5-6-13-7-14-10/h1-7H. The minimum atomic E-state index is -0.192. The van der Waals surface area contributed by atoms with E-state index in [0.717, 1.165) is 0 Å². The third kappa shape index (κ3) is 2.02. The maximum atomic E-state index is 11.9. The Labute approximate surface area is 91.8 Å². The SMILES string of the molecule is O=C(c1ccncn1)c1ccccc1Cl. The van der Waals surface area contributed by atoms with Gasteiger partial charge in [0.2, 0.25) is 5.78 Å². The molecule has 0 atom stereocenters. The van der Waals surface area contributed by atoms with E-state index in [-0.39, 0.29) is 5.78 Å². The first-order chi connectivity index (χ1) is 7.29. The van der Waals surface area contributed by atoms with Crippen LogP contribution in [0.5, 0.6) is 0 Å². The van der Waals surface area contributed by atoms with E-state index < -0.39 is 0 Å². The molecule has 0 N–H and O–H groups in total. The van der Waals surface area contributed by atoms with Crippen molar-refractivity contribution >= 4 is 17.4 Å². The third-order valence-electron chi connectivity index (χ3n) is 1.93. The molecule has 0 spiro atoms. The smallest absolute Gasteiger partial charge is 0.212 e. The van der Waals surface area contributed by atoms with Crippen LogP contribution in [0, 0.1) is 0 Å². The van der Waals surface area contributed by atoms with Crippen LogP contribution in [0.25, 0.3) is 0 Å². The first-order valence-electron chi connectivity index (χ1n) is 4.34. The molecule has 0 fully saturated rings. The molecule has 0 aliphatic rings. The lowest BCUT2D eigenvalue weighted by Gasteiger charge is -2.01. The number of nitrogens with zero attached hydrogens (tertiary/aromatic N) is 2. The monoisotopic (exact) mass is 218 g/mol. The van der Waals surface area contributed by atoms with Crippen LogP contribution < -0.4 is 0 Å². The highest BCUT2D eigenvalue weighted by Gasteiger charge is 2.12. The van der Waals surface area contributed by atoms with E-state index in [2.05, 4.69) is 9.97 Å². The Bertz CT molecular complexity index is 485. The largest absolute Gasteiger partial charge is 0.287 e. The number of benzene rings is 1. The summed E-state index contributed by atoms with van der Waals surface area (Å²) < 4.78 is 0. The van der Waals surface area contributed by atoms with Gasteiger partial charge >= 0.3 is 0 Å². The Kier molecular flexibility index (Phi) is 2.74. The van der Waals surface area contributed by atoms with Gasteiger partial charge in [0.1, 0.15) is 12.0 Å². The highest BCUT2D eigenvalue weighted by molar-refractivity contribution is 6.34. The first-order valence-corrected chi connectivity index (χ1v) is 4.72. The average Bonchev–Trinajstić information content (AvgIpc) is 2.30. The summed E-state index contributed by atoms with van der Waals surface area (Å²) in [6.07, 6.45) is 2.86. The lowest BCUT2D eigenvalue weighted by atomic mass is 10.1. The van der Waals surface area contributed by atoms with E-state index in [1.54, 1.807) is 30.3 Å². The Balaban J connectivity index is 2.42. The number of hydrogen-bond acceptors (Lipinski definition) is 3. The molecule has 2 aromatic rings. The average molecular weight is 219 g/mol. The summed E-state index contributed by atoms with van der Waals surface area (Å²) in [7, 11) is 0. The Morgan fingerprint density at radius 1 is 1.20 bits per heavy atom. The van der Waals surface area contributed by atoms with Crippen molar-refractivity contribution in [3.63, 3.8) is 0 Å². The van der Waals surface area contributed by atoms with Gasteiger partial charge in [0.05, 0.1) is 5.02 Å². The van der Waals surface area contributed by atoms with Gasteiger partial charge in [0.15, 0.2) is 0 Å². The molecule has 0 amide bonds.